The molecule has 1 aromatic carbocycles. The number of thioether (sulfide) groups is 1. The van der Waals surface area contributed by atoms with Gasteiger partial charge in [0.2, 0.25) is 5.95 Å². The van der Waals surface area contributed by atoms with E-state index < -0.39 is 0 Å². The molecule has 0 unspecified atom stereocenters. The van der Waals surface area contributed by atoms with Gasteiger partial charge in [0, 0.05) is 26.8 Å². The van der Waals surface area contributed by atoms with Crippen LogP contribution in [-0.2, 0) is 5.75 Å². The largest absolute Gasteiger partial charge is 0.368 e. The first-order chi connectivity index (χ1) is 10.2. The fraction of sp³-hybridized carbons (Fsp3) is 0.286. The molecule has 1 aliphatic rings. The first-order valence-corrected chi connectivity index (χ1v) is 8.91. The van der Waals surface area contributed by atoms with E-state index in [1.54, 1.807) is 23.1 Å². The Morgan fingerprint density at radius 3 is 2.90 bits per heavy atom. The van der Waals surface area contributed by atoms with Gasteiger partial charge >= 0.3 is 0 Å². The first kappa shape index (κ1) is 13.4. The highest BCUT2D eigenvalue weighted by Crippen LogP contribution is 2.42. The molecule has 21 heavy (non-hydrogen) atoms. The van der Waals surface area contributed by atoms with Crippen LogP contribution in [0.1, 0.15) is 23.8 Å². The van der Waals surface area contributed by atoms with Crippen molar-refractivity contribution in [2.75, 3.05) is 5.73 Å². The summed E-state index contributed by atoms with van der Waals surface area (Å²) in [5.41, 5.74) is 5.90. The minimum atomic E-state index is 0.486. The molecule has 2 aromatic heterocycles. The topological polar surface area (TPSA) is 56.7 Å². The van der Waals surface area contributed by atoms with Crippen molar-refractivity contribution in [3.05, 3.63) is 34.2 Å². The Hall–Kier alpha value is -1.24. The van der Waals surface area contributed by atoms with Crippen LogP contribution in [0.2, 0.25) is 5.02 Å². The summed E-state index contributed by atoms with van der Waals surface area (Å²) in [6.07, 6.45) is 2.33. The number of hydrogen-bond acceptors (Lipinski definition) is 5. The van der Waals surface area contributed by atoms with Crippen LogP contribution < -0.4 is 5.73 Å². The van der Waals surface area contributed by atoms with Gasteiger partial charge in [-0.15, -0.1) is 21.5 Å². The number of nitrogens with zero attached hydrogens (tertiary/aromatic N) is 3. The van der Waals surface area contributed by atoms with Crippen LogP contribution in [0.15, 0.2) is 29.4 Å². The fourth-order valence-electron chi connectivity index (χ4n) is 2.35. The van der Waals surface area contributed by atoms with E-state index >= 15 is 0 Å². The number of halogens is 1. The third-order valence-electron chi connectivity index (χ3n) is 3.54. The van der Waals surface area contributed by atoms with Gasteiger partial charge in [-0.1, -0.05) is 41.6 Å². The number of rotatable bonds is 4. The summed E-state index contributed by atoms with van der Waals surface area (Å²) in [6.45, 7) is 0. The number of nitrogen functional groups attached to an aromatic ring is 1. The molecule has 0 saturated heterocycles. The lowest BCUT2D eigenvalue weighted by molar-refractivity contribution is 0.671. The van der Waals surface area contributed by atoms with Crippen molar-refractivity contribution < 1.29 is 0 Å². The predicted octanol–water partition coefficient (Wildman–Crippen LogP) is 4.36. The van der Waals surface area contributed by atoms with Crippen LogP contribution >= 0.6 is 34.7 Å². The van der Waals surface area contributed by atoms with E-state index in [1.807, 2.05) is 16.7 Å². The second-order valence-corrected chi connectivity index (χ2v) is 7.52. The Balaban J connectivity index is 1.60. The minimum Gasteiger partial charge on any atom is -0.368 e. The van der Waals surface area contributed by atoms with Crippen molar-refractivity contribution in [3.63, 3.8) is 0 Å². The Kier molecular flexibility index (Phi) is 3.32. The summed E-state index contributed by atoms with van der Waals surface area (Å²) in [6, 6.07) is 8.71. The molecule has 0 radical (unpaired) electrons. The third kappa shape index (κ3) is 2.41. The summed E-state index contributed by atoms with van der Waals surface area (Å²) in [7, 11) is 0. The maximum atomic E-state index is 6.47. The third-order valence-corrected chi connectivity index (χ3v) is 6.40. The molecule has 2 heterocycles. The van der Waals surface area contributed by atoms with Crippen LogP contribution in [0.4, 0.5) is 5.95 Å². The molecule has 1 saturated carbocycles. The molecule has 4 nitrogen and oxygen atoms in total. The average molecular weight is 337 g/mol. The number of anilines is 1. The van der Waals surface area contributed by atoms with E-state index in [1.165, 1.54) is 22.4 Å². The zero-order chi connectivity index (χ0) is 14.4. The van der Waals surface area contributed by atoms with Gasteiger partial charge in [-0.3, -0.25) is 4.57 Å². The number of thiophene rings is 1. The van der Waals surface area contributed by atoms with Gasteiger partial charge in [0.05, 0.1) is 5.02 Å². The van der Waals surface area contributed by atoms with Crippen LogP contribution in [0.5, 0.6) is 0 Å². The number of fused-ring (bicyclic) bond motifs is 1. The van der Waals surface area contributed by atoms with Gasteiger partial charge in [0.1, 0.15) is 0 Å². The van der Waals surface area contributed by atoms with Crippen molar-refractivity contribution in [3.8, 4) is 0 Å². The van der Waals surface area contributed by atoms with E-state index in [0.29, 0.717) is 12.0 Å². The monoisotopic (exact) mass is 336 g/mol. The van der Waals surface area contributed by atoms with Gasteiger partial charge in [0.25, 0.3) is 0 Å². The van der Waals surface area contributed by atoms with Crippen molar-refractivity contribution in [1.82, 2.24) is 14.8 Å². The smallest absolute Gasteiger partial charge is 0.222 e. The lowest BCUT2D eigenvalue weighted by atomic mass is 10.2. The second kappa shape index (κ2) is 5.19. The molecule has 0 bridgehead atoms. The summed E-state index contributed by atoms with van der Waals surface area (Å²) >= 11 is 9.87. The van der Waals surface area contributed by atoms with E-state index in [9.17, 15) is 0 Å². The summed E-state index contributed by atoms with van der Waals surface area (Å²) in [5, 5.41) is 11.1. The van der Waals surface area contributed by atoms with E-state index in [-0.39, 0.29) is 0 Å². The first-order valence-electron chi connectivity index (χ1n) is 6.73. The summed E-state index contributed by atoms with van der Waals surface area (Å²) in [4.78, 5) is 1.17. The average Bonchev–Trinajstić information content (AvgIpc) is 3.19. The number of nitrogens with two attached hydrogens (primary N) is 1. The van der Waals surface area contributed by atoms with Gasteiger partial charge < -0.3 is 5.73 Å². The maximum Gasteiger partial charge on any atom is 0.222 e. The van der Waals surface area contributed by atoms with E-state index in [2.05, 4.69) is 22.3 Å². The highest BCUT2D eigenvalue weighted by molar-refractivity contribution is 7.98. The Labute approximate surface area is 135 Å². The molecule has 4 rings (SSSR count). The lowest BCUT2D eigenvalue weighted by Crippen LogP contribution is -2.02. The highest BCUT2D eigenvalue weighted by atomic mass is 35.5. The molecule has 7 heteroatoms. The molecular weight excluding hydrogens is 324 g/mol. The number of hydrogen-bond donors (Lipinski definition) is 1. The van der Waals surface area contributed by atoms with Gasteiger partial charge in [-0.25, -0.2) is 0 Å². The van der Waals surface area contributed by atoms with E-state index in [0.717, 1.165) is 21.3 Å². The molecule has 108 valence electrons. The van der Waals surface area contributed by atoms with Crippen molar-refractivity contribution in [1.29, 1.82) is 0 Å². The van der Waals surface area contributed by atoms with Crippen molar-refractivity contribution >= 4 is 50.7 Å². The SMILES string of the molecule is Nc1nnc(SCc2sc3ccccc3c2Cl)n1C1CC1. The molecule has 0 amide bonds. The maximum absolute atomic E-state index is 6.47. The van der Waals surface area contributed by atoms with Gasteiger partial charge in [-0.05, 0) is 18.9 Å². The zero-order valence-electron chi connectivity index (χ0n) is 11.1. The highest BCUT2D eigenvalue weighted by Gasteiger charge is 2.29. The molecule has 0 atom stereocenters. The minimum absolute atomic E-state index is 0.486. The van der Waals surface area contributed by atoms with Gasteiger partial charge in [0.15, 0.2) is 5.16 Å². The second-order valence-electron chi connectivity index (χ2n) is 5.07. The normalized spacial score (nSPS) is 14.9. The zero-order valence-corrected chi connectivity index (χ0v) is 13.5. The molecule has 3 aromatic rings. The lowest BCUT2D eigenvalue weighted by Gasteiger charge is -2.05. The summed E-state index contributed by atoms with van der Waals surface area (Å²) in [5.74, 6) is 1.31. The molecule has 1 aliphatic carbocycles. The van der Waals surface area contributed by atoms with Crippen molar-refractivity contribution in [2.24, 2.45) is 0 Å². The number of aromatic nitrogens is 3. The number of benzene rings is 1. The predicted molar refractivity (Wildman–Crippen MR) is 89.1 cm³/mol. The fourth-order valence-corrected chi connectivity index (χ4v) is 5.02. The summed E-state index contributed by atoms with van der Waals surface area (Å²) < 4.78 is 3.27. The molecule has 0 spiro atoms. The van der Waals surface area contributed by atoms with Crippen LogP contribution in [0, 0.1) is 0 Å². The van der Waals surface area contributed by atoms with Crippen LogP contribution in [0.25, 0.3) is 10.1 Å². The van der Waals surface area contributed by atoms with E-state index in [4.69, 9.17) is 17.3 Å². The molecular formula is C14H13ClN4S2. The van der Waals surface area contributed by atoms with Crippen molar-refractivity contribution in [2.45, 2.75) is 29.8 Å². The quantitative estimate of drug-likeness (QED) is 0.719. The standard InChI is InChI=1S/C14H13ClN4S2/c15-12-9-3-1-2-4-10(9)21-11(12)7-20-14-18-17-13(16)19(14)8-5-6-8/h1-4,8H,5-7H2,(H2,16,17). The molecule has 1 fully saturated rings. The molecule has 0 aliphatic heterocycles. The Morgan fingerprint density at radius 1 is 1.33 bits per heavy atom. The van der Waals surface area contributed by atoms with Gasteiger partial charge in [-0.2, -0.15) is 0 Å². The Morgan fingerprint density at radius 2 is 2.14 bits per heavy atom. The molecule has 2 N–H and O–H groups in total. The Bertz CT molecular complexity index is 807. The van der Waals surface area contributed by atoms with Crippen LogP contribution in [0.3, 0.4) is 0 Å². The van der Waals surface area contributed by atoms with Crippen LogP contribution in [-0.4, -0.2) is 14.8 Å².